The first-order valence-electron chi connectivity index (χ1n) is 4.86. The lowest BCUT2D eigenvalue weighted by Crippen LogP contribution is -2.08. The highest BCUT2D eigenvalue weighted by molar-refractivity contribution is 9.10. The Labute approximate surface area is 104 Å². The van der Waals surface area contributed by atoms with E-state index in [1.54, 1.807) is 0 Å². The molecular formula is C11H14BrNOS. The zero-order valence-electron chi connectivity index (χ0n) is 8.41. The molecule has 0 radical (unpaired) electrons. The SMILES string of the molecule is NC(=S)CCCCOc1ccccc1Br. The number of halogens is 1. The minimum absolute atomic E-state index is 0.580. The highest BCUT2D eigenvalue weighted by atomic mass is 79.9. The first kappa shape index (κ1) is 12.5. The Balaban J connectivity index is 2.21. The van der Waals surface area contributed by atoms with Crippen LogP contribution in [0.4, 0.5) is 0 Å². The molecule has 2 nitrogen and oxygen atoms in total. The van der Waals surface area contributed by atoms with Gasteiger partial charge in [0.05, 0.1) is 16.1 Å². The summed E-state index contributed by atoms with van der Waals surface area (Å²) in [6.07, 6.45) is 2.76. The van der Waals surface area contributed by atoms with Crippen LogP contribution in [0.3, 0.4) is 0 Å². The fourth-order valence-electron chi connectivity index (χ4n) is 1.15. The second-order valence-electron chi connectivity index (χ2n) is 3.20. The van der Waals surface area contributed by atoms with Gasteiger partial charge >= 0.3 is 0 Å². The summed E-state index contributed by atoms with van der Waals surface area (Å²) in [4.78, 5) is 0.580. The molecule has 1 rings (SSSR count). The van der Waals surface area contributed by atoms with Crippen molar-refractivity contribution in [2.45, 2.75) is 19.3 Å². The van der Waals surface area contributed by atoms with Crippen LogP contribution in [0.2, 0.25) is 0 Å². The molecule has 0 aromatic heterocycles. The van der Waals surface area contributed by atoms with Crippen molar-refractivity contribution in [2.75, 3.05) is 6.61 Å². The van der Waals surface area contributed by atoms with Gasteiger partial charge in [0.25, 0.3) is 0 Å². The van der Waals surface area contributed by atoms with E-state index >= 15 is 0 Å². The molecule has 0 amide bonds. The normalized spacial score (nSPS) is 9.93. The number of para-hydroxylation sites is 1. The van der Waals surface area contributed by atoms with Crippen LogP contribution in [-0.2, 0) is 0 Å². The summed E-state index contributed by atoms with van der Waals surface area (Å²) in [5, 5.41) is 0. The fraction of sp³-hybridized carbons (Fsp3) is 0.364. The van der Waals surface area contributed by atoms with Crippen molar-refractivity contribution in [3.05, 3.63) is 28.7 Å². The van der Waals surface area contributed by atoms with Gasteiger partial charge in [-0.3, -0.25) is 0 Å². The van der Waals surface area contributed by atoms with Gasteiger partial charge in [0.2, 0.25) is 0 Å². The Morgan fingerprint density at radius 2 is 2.07 bits per heavy atom. The predicted molar refractivity (Wildman–Crippen MR) is 70.3 cm³/mol. The van der Waals surface area contributed by atoms with Crippen LogP contribution in [0.15, 0.2) is 28.7 Å². The molecule has 0 fully saturated rings. The van der Waals surface area contributed by atoms with Gasteiger partial charge in [0.1, 0.15) is 5.75 Å². The maximum atomic E-state index is 5.59. The first-order chi connectivity index (χ1) is 7.20. The van der Waals surface area contributed by atoms with Crippen LogP contribution in [0.5, 0.6) is 5.75 Å². The number of benzene rings is 1. The molecule has 4 heteroatoms. The molecule has 82 valence electrons. The molecule has 0 bridgehead atoms. The number of thiocarbonyl (C=S) groups is 1. The monoisotopic (exact) mass is 287 g/mol. The van der Waals surface area contributed by atoms with Crippen LogP contribution in [-0.4, -0.2) is 11.6 Å². The van der Waals surface area contributed by atoms with Crippen LogP contribution in [0, 0.1) is 0 Å². The van der Waals surface area contributed by atoms with E-state index in [0.717, 1.165) is 29.5 Å². The van der Waals surface area contributed by atoms with Gasteiger partial charge in [-0.05, 0) is 47.3 Å². The molecule has 0 aliphatic heterocycles. The standard InChI is InChI=1S/C11H14BrNOS/c12-9-5-1-2-6-10(9)14-8-4-3-7-11(13)15/h1-2,5-6H,3-4,7-8H2,(H2,13,15). The molecule has 0 spiro atoms. The average molecular weight is 288 g/mol. The van der Waals surface area contributed by atoms with Crippen LogP contribution in [0.1, 0.15) is 19.3 Å². The summed E-state index contributed by atoms with van der Waals surface area (Å²) in [6, 6.07) is 7.82. The lowest BCUT2D eigenvalue weighted by atomic mass is 10.2. The van der Waals surface area contributed by atoms with E-state index in [2.05, 4.69) is 15.9 Å². The lowest BCUT2D eigenvalue weighted by molar-refractivity contribution is 0.306. The van der Waals surface area contributed by atoms with Gasteiger partial charge in [0.15, 0.2) is 0 Å². The molecule has 0 saturated carbocycles. The number of ether oxygens (including phenoxy) is 1. The summed E-state index contributed by atoms with van der Waals surface area (Å²) in [5.41, 5.74) is 5.39. The fourth-order valence-corrected chi connectivity index (χ4v) is 1.69. The number of hydrogen-bond acceptors (Lipinski definition) is 2. The third-order valence-corrected chi connectivity index (χ3v) is 2.77. The largest absolute Gasteiger partial charge is 0.492 e. The summed E-state index contributed by atoms with van der Waals surface area (Å²) >= 11 is 8.21. The van der Waals surface area contributed by atoms with Crippen molar-refractivity contribution in [2.24, 2.45) is 5.73 Å². The number of rotatable bonds is 6. The van der Waals surface area contributed by atoms with E-state index < -0.39 is 0 Å². The van der Waals surface area contributed by atoms with Gasteiger partial charge in [-0.2, -0.15) is 0 Å². The van der Waals surface area contributed by atoms with E-state index in [0.29, 0.717) is 11.6 Å². The summed E-state index contributed by atoms with van der Waals surface area (Å²) < 4.78 is 6.57. The zero-order chi connectivity index (χ0) is 11.1. The molecule has 0 saturated heterocycles. The van der Waals surface area contributed by atoms with Crippen LogP contribution >= 0.6 is 28.1 Å². The van der Waals surface area contributed by atoms with Gasteiger partial charge in [-0.15, -0.1) is 0 Å². The third-order valence-electron chi connectivity index (χ3n) is 1.91. The van der Waals surface area contributed by atoms with Crippen molar-refractivity contribution >= 4 is 33.1 Å². The quantitative estimate of drug-likeness (QED) is 0.644. The van der Waals surface area contributed by atoms with Gasteiger partial charge in [0, 0.05) is 0 Å². The summed E-state index contributed by atoms with van der Waals surface area (Å²) in [5.74, 6) is 0.882. The zero-order valence-corrected chi connectivity index (χ0v) is 10.8. The van der Waals surface area contributed by atoms with Crippen molar-refractivity contribution in [3.8, 4) is 5.75 Å². The highest BCUT2D eigenvalue weighted by Crippen LogP contribution is 2.23. The molecule has 0 aliphatic carbocycles. The second-order valence-corrected chi connectivity index (χ2v) is 4.58. The van der Waals surface area contributed by atoms with Crippen LogP contribution < -0.4 is 10.5 Å². The Hall–Kier alpha value is -0.610. The average Bonchev–Trinajstić information content (AvgIpc) is 2.20. The third kappa shape index (κ3) is 5.14. The Kier molecular flexibility index (Phi) is 5.65. The maximum Gasteiger partial charge on any atom is 0.133 e. The van der Waals surface area contributed by atoms with E-state index in [4.69, 9.17) is 22.7 Å². The molecule has 1 aromatic rings. The molecule has 1 aromatic carbocycles. The Morgan fingerprint density at radius 3 is 2.73 bits per heavy atom. The molecule has 0 unspecified atom stereocenters. The Bertz CT molecular complexity index is 330. The van der Waals surface area contributed by atoms with E-state index in [9.17, 15) is 0 Å². The number of hydrogen-bond donors (Lipinski definition) is 1. The smallest absolute Gasteiger partial charge is 0.133 e. The molecule has 0 aliphatic rings. The minimum Gasteiger partial charge on any atom is -0.492 e. The van der Waals surface area contributed by atoms with E-state index in [1.165, 1.54) is 0 Å². The topological polar surface area (TPSA) is 35.2 Å². The highest BCUT2D eigenvalue weighted by Gasteiger charge is 1.98. The Morgan fingerprint density at radius 1 is 1.33 bits per heavy atom. The maximum absolute atomic E-state index is 5.59. The number of unbranched alkanes of at least 4 members (excludes halogenated alkanes) is 1. The van der Waals surface area contributed by atoms with Crippen molar-refractivity contribution < 1.29 is 4.74 Å². The summed E-state index contributed by atoms with van der Waals surface area (Å²) in [7, 11) is 0. The molecule has 15 heavy (non-hydrogen) atoms. The van der Waals surface area contributed by atoms with Gasteiger partial charge < -0.3 is 10.5 Å². The predicted octanol–water partition coefficient (Wildman–Crippen LogP) is 3.28. The van der Waals surface area contributed by atoms with Crippen molar-refractivity contribution in [1.82, 2.24) is 0 Å². The van der Waals surface area contributed by atoms with E-state index in [-0.39, 0.29) is 0 Å². The van der Waals surface area contributed by atoms with Crippen molar-refractivity contribution in [3.63, 3.8) is 0 Å². The number of nitrogens with two attached hydrogens (primary N) is 1. The first-order valence-corrected chi connectivity index (χ1v) is 6.06. The van der Waals surface area contributed by atoms with Crippen LogP contribution in [0.25, 0.3) is 0 Å². The van der Waals surface area contributed by atoms with Gasteiger partial charge in [-0.25, -0.2) is 0 Å². The lowest BCUT2D eigenvalue weighted by Gasteiger charge is -2.07. The summed E-state index contributed by atoms with van der Waals surface area (Å²) in [6.45, 7) is 0.700. The molecular weight excluding hydrogens is 274 g/mol. The van der Waals surface area contributed by atoms with Gasteiger partial charge in [-0.1, -0.05) is 24.4 Å². The minimum atomic E-state index is 0.580. The van der Waals surface area contributed by atoms with E-state index in [1.807, 2.05) is 24.3 Å². The molecule has 2 N–H and O–H groups in total. The molecule has 0 atom stereocenters. The molecule has 0 heterocycles. The van der Waals surface area contributed by atoms with Crippen molar-refractivity contribution in [1.29, 1.82) is 0 Å². The second kappa shape index (κ2) is 6.80.